The molecule has 0 spiro atoms. The first-order valence-electron chi connectivity index (χ1n) is 7.30. The minimum Gasteiger partial charge on any atom is -0.411 e. The fourth-order valence-corrected chi connectivity index (χ4v) is 2.43. The number of carbonyl (C=O) groups is 1. The predicted molar refractivity (Wildman–Crippen MR) is 87.6 cm³/mol. The Kier molecular flexibility index (Phi) is 5.60. The lowest BCUT2D eigenvalue weighted by Gasteiger charge is -2.11. The molecule has 6 heteroatoms. The molecule has 1 N–H and O–H groups in total. The van der Waals surface area contributed by atoms with Gasteiger partial charge in [-0.3, -0.25) is 4.79 Å². The number of aromatic nitrogens is 2. The molecule has 0 fully saturated rings. The molecular weight excluding hydrogens is 298 g/mol. The molecule has 1 heterocycles. The van der Waals surface area contributed by atoms with Gasteiger partial charge in [-0.2, -0.15) is 0 Å². The second kappa shape index (κ2) is 7.45. The summed E-state index contributed by atoms with van der Waals surface area (Å²) in [6.07, 6.45) is 0. The van der Waals surface area contributed by atoms with Crippen molar-refractivity contribution < 1.29 is 9.21 Å². The van der Waals surface area contributed by atoms with Crippen LogP contribution in [0.5, 0.6) is 0 Å². The Hall–Kier alpha value is -1.82. The highest BCUT2D eigenvalue weighted by molar-refractivity contribution is 8.00. The van der Waals surface area contributed by atoms with Gasteiger partial charge in [0.15, 0.2) is 0 Å². The van der Waals surface area contributed by atoms with E-state index in [4.69, 9.17) is 4.42 Å². The molecule has 1 atom stereocenters. The van der Waals surface area contributed by atoms with E-state index in [0.717, 1.165) is 5.56 Å². The molecule has 2 aromatic rings. The second-order valence-electron chi connectivity index (χ2n) is 5.64. The quantitative estimate of drug-likeness (QED) is 0.827. The topological polar surface area (TPSA) is 68.0 Å². The van der Waals surface area contributed by atoms with Crippen LogP contribution in [0.3, 0.4) is 0 Å². The van der Waals surface area contributed by atoms with E-state index in [-0.39, 0.29) is 11.2 Å². The summed E-state index contributed by atoms with van der Waals surface area (Å²) in [7, 11) is 0. The van der Waals surface area contributed by atoms with Gasteiger partial charge in [0, 0.05) is 12.1 Å². The standard InChI is InChI=1S/C16H21N3O2S/c1-10(2)9-17-14(20)12(4)22-16-19-18-15(21-16)13-7-5-11(3)6-8-13/h5-8,10,12H,9H2,1-4H3,(H,17,20)/t12-/m0/s1. The molecule has 0 bridgehead atoms. The molecule has 0 saturated carbocycles. The number of hydrogen-bond acceptors (Lipinski definition) is 5. The zero-order chi connectivity index (χ0) is 16.1. The normalized spacial score (nSPS) is 12.4. The van der Waals surface area contributed by atoms with E-state index in [9.17, 15) is 4.79 Å². The lowest BCUT2D eigenvalue weighted by molar-refractivity contribution is -0.120. The average Bonchev–Trinajstić information content (AvgIpc) is 2.93. The highest BCUT2D eigenvalue weighted by Crippen LogP contribution is 2.26. The molecule has 0 aliphatic rings. The largest absolute Gasteiger partial charge is 0.411 e. The van der Waals surface area contributed by atoms with E-state index < -0.39 is 0 Å². The molecule has 0 saturated heterocycles. The predicted octanol–water partition coefficient (Wildman–Crippen LogP) is 3.30. The summed E-state index contributed by atoms with van der Waals surface area (Å²) in [6, 6.07) is 7.87. The van der Waals surface area contributed by atoms with E-state index in [0.29, 0.717) is 23.6 Å². The lowest BCUT2D eigenvalue weighted by Crippen LogP contribution is -2.33. The van der Waals surface area contributed by atoms with Crippen molar-refractivity contribution in [3.63, 3.8) is 0 Å². The first kappa shape index (κ1) is 16.5. The number of benzene rings is 1. The van der Waals surface area contributed by atoms with Crippen LogP contribution < -0.4 is 5.32 Å². The number of hydrogen-bond donors (Lipinski definition) is 1. The maximum Gasteiger partial charge on any atom is 0.277 e. The van der Waals surface area contributed by atoms with Crippen molar-refractivity contribution in [3.05, 3.63) is 29.8 Å². The van der Waals surface area contributed by atoms with Crippen LogP contribution in [0, 0.1) is 12.8 Å². The molecule has 22 heavy (non-hydrogen) atoms. The summed E-state index contributed by atoms with van der Waals surface area (Å²) >= 11 is 1.27. The molecule has 0 radical (unpaired) electrons. The lowest BCUT2D eigenvalue weighted by atomic mass is 10.1. The molecule has 0 aliphatic carbocycles. The van der Waals surface area contributed by atoms with Gasteiger partial charge in [0.25, 0.3) is 5.22 Å². The minimum atomic E-state index is -0.273. The van der Waals surface area contributed by atoms with Crippen LogP contribution in [0.15, 0.2) is 33.9 Å². The third-order valence-corrected chi connectivity index (χ3v) is 3.97. The highest BCUT2D eigenvalue weighted by atomic mass is 32.2. The number of nitrogens with one attached hydrogen (secondary N) is 1. The van der Waals surface area contributed by atoms with E-state index in [1.165, 1.54) is 17.3 Å². The monoisotopic (exact) mass is 319 g/mol. The third kappa shape index (κ3) is 4.59. The van der Waals surface area contributed by atoms with Gasteiger partial charge in [0.2, 0.25) is 11.8 Å². The number of rotatable bonds is 6. The van der Waals surface area contributed by atoms with Crippen LogP contribution >= 0.6 is 11.8 Å². The van der Waals surface area contributed by atoms with E-state index in [1.807, 2.05) is 38.1 Å². The summed E-state index contributed by atoms with van der Waals surface area (Å²) < 4.78 is 5.62. The molecule has 0 unspecified atom stereocenters. The van der Waals surface area contributed by atoms with Crippen molar-refractivity contribution in [1.82, 2.24) is 15.5 Å². The Morgan fingerprint density at radius 1 is 1.23 bits per heavy atom. The van der Waals surface area contributed by atoms with Crippen LogP contribution in [-0.2, 0) is 4.79 Å². The summed E-state index contributed by atoms with van der Waals surface area (Å²) in [5.41, 5.74) is 2.05. The molecule has 5 nitrogen and oxygen atoms in total. The fraction of sp³-hybridized carbons (Fsp3) is 0.438. The molecule has 1 aromatic carbocycles. The number of carbonyl (C=O) groups excluding carboxylic acids is 1. The van der Waals surface area contributed by atoms with Crippen molar-refractivity contribution in [2.75, 3.05) is 6.54 Å². The van der Waals surface area contributed by atoms with Crippen molar-refractivity contribution in [1.29, 1.82) is 0 Å². The van der Waals surface area contributed by atoms with Gasteiger partial charge in [-0.15, -0.1) is 10.2 Å². The Labute approximate surface area is 134 Å². The van der Waals surface area contributed by atoms with Gasteiger partial charge in [-0.05, 0) is 31.9 Å². The summed E-state index contributed by atoms with van der Waals surface area (Å²) in [5, 5.41) is 11.1. The van der Waals surface area contributed by atoms with Crippen molar-refractivity contribution in [2.24, 2.45) is 5.92 Å². The molecule has 0 aliphatic heterocycles. The van der Waals surface area contributed by atoms with Crippen molar-refractivity contribution in [2.45, 2.75) is 38.2 Å². The Balaban J connectivity index is 1.96. The average molecular weight is 319 g/mol. The van der Waals surface area contributed by atoms with Crippen LogP contribution in [-0.4, -0.2) is 27.9 Å². The second-order valence-corrected chi connectivity index (χ2v) is 6.93. The number of nitrogens with zero attached hydrogens (tertiary/aromatic N) is 2. The van der Waals surface area contributed by atoms with Crippen LogP contribution in [0.1, 0.15) is 26.3 Å². The van der Waals surface area contributed by atoms with Gasteiger partial charge in [0.1, 0.15) is 0 Å². The summed E-state index contributed by atoms with van der Waals surface area (Å²) in [6.45, 7) is 8.64. The minimum absolute atomic E-state index is 0.0196. The van der Waals surface area contributed by atoms with Crippen LogP contribution in [0.25, 0.3) is 11.5 Å². The zero-order valence-electron chi connectivity index (χ0n) is 13.3. The maximum absolute atomic E-state index is 11.9. The summed E-state index contributed by atoms with van der Waals surface area (Å²) in [5.74, 6) is 0.878. The Bertz CT molecular complexity index is 623. The zero-order valence-corrected chi connectivity index (χ0v) is 14.1. The number of amides is 1. The van der Waals surface area contributed by atoms with E-state index in [1.54, 1.807) is 0 Å². The molecule has 1 aromatic heterocycles. The molecule has 118 valence electrons. The Morgan fingerprint density at radius 2 is 1.91 bits per heavy atom. The fourth-order valence-electron chi connectivity index (χ4n) is 1.72. The van der Waals surface area contributed by atoms with Gasteiger partial charge in [0.05, 0.1) is 5.25 Å². The van der Waals surface area contributed by atoms with Crippen LogP contribution in [0.4, 0.5) is 0 Å². The molecule has 1 amide bonds. The number of aryl methyl sites for hydroxylation is 1. The van der Waals surface area contributed by atoms with Gasteiger partial charge in [-0.1, -0.05) is 43.3 Å². The maximum atomic E-state index is 11.9. The number of thioether (sulfide) groups is 1. The van der Waals surface area contributed by atoms with Gasteiger partial charge in [-0.25, -0.2) is 0 Å². The van der Waals surface area contributed by atoms with E-state index in [2.05, 4.69) is 29.4 Å². The first-order valence-corrected chi connectivity index (χ1v) is 8.18. The first-order chi connectivity index (χ1) is 10.5. The smallest absolute Gasteiger partial charge is 0.277 e. The third-order valence-electron chi connectivity index (χ3n) is 3.04. The van der Waals surface area contributed by atoms with Crippen molar-refractivity contribution >= 4 is 17.7 Å². The van der Waals surface area contributed by atoms with Crippen molar-refractivity contribution in [3.8, 4) is 11.5 Å². The Morgan fingerprint density at radius 3 is 2.55 bits per heavy atom. The van der Waals surface area contributed by atoms with Gasteiger partial charge < -0.3 is 9.73 Å². The van der Waals surface area contributed by atoms with Gasteiger partial charge >= 0.3 is 0 Å². The SMILES string of the molecule is Cc1ccc(-c2nnc(S[C@@H](C)C(=O)NCC(C)C)o2)cc1. The summed E-state index contributed by atoms with van der Waals surface area (Å²) in [4.78, 5) is 11.9. The molecular formula is C16H21N3O2S. The van der Waals surface area contributed by atoms with Crippen LogP contribution in [0.2, 0.25) is 0 Å². The highest BCUT2D eigenvalue weighted by Gasteiger charge is 2.18. The van der Waals surface area contributed by atoms with E-state index >= 15 is 0 Å². The molecule has 2 rings (SSSR count).